The maximum Gasteiger partial charge on any atom is 0.0716 e. The second-order valence-corrected chi connectivity index (χ2v) is 5.07. The molecule has 1 rings (SSSR count). The molecule has 0 aliphatic heterocycles. The van der Waals surface area contributed by atoms with Gasteiger partial charge >= 0.3 is 0 Å². The van der Waals surface area contributed by atoms with Crippen LogP contribution in [-0.4, -0.2) is 20.2 Å². The Balaban J connectivity index is 2.48. The van der Waals surface area contributed by atoms with Gasteiger partial charge in [0.05, 0.1) is 6.61 Å². The summed E-state index contributed by atoms with van der Waals surface area (Å²) in [7, 11) is 1.73. The van der Waals surface area contributed by atoms with Gasteiger partial charge in [-0.2, -0.15) is 0 Å². The van der Waals surface area contributed by atoms with Crippen LogP contribution >= 0.6 is 0 Å². The van der Waals surface area contributed by atoms with Crippen molar-refractivity contribution in [1.29, 1.82) is 0 Å². The highest BCUT2D eigenvalue weighted by Gasteiger charge is 2.10. The van der Waals surface area contributed by atoms with Crippen LogP contribution in [-0.2, 0) is 17.9 Å². The Kier molecular flexibility index (Phi) is 6.94. The average Bonchev–Trinajstić information content (AvgIpc) is 2.36. The summed E-state index contributed by atoms with van der Waals surface area (Å²) >= 11 is 0. The smallest absolute Gasteiger partial charge is 0.0716 e. The third kappa shape index (κ3) is 4.77. The molecule has 1 unspecified atom stereocenters. The van der Waals surface area contributed by atoms with Gasteiger partial charge in [-0.3, -0.25) is 0 Å². The van der Waals surface area contributed by atoms with Gasteiger partial charge in [0.1, 0.15) is 0 Å². The van der Waals surface area contributed by atoms with Crippen LogP contribution in [0.4, 0.5) is 0 Å². The number of hydrogen-bond acceptors (Lipinski definition) is 3. The lowest BCUT2D eigenvalue weighted by Gasteiger charge is -2.19. The first kappa shape index (κ1) is 15.2. The van der Waals surface area contributed by atoms with E-state index < -0.39 is 0 Å². The van der Waals surface area contributed by atoms with Crippen LogP contribution in [0.1, 0.15) is 25.0 Å². The molecule has 0 radical (unpaired) electrons. The summed E-state index contributed by atoms with van der Waals surface area (Å²) in [6, 6.07) is 8.38. The molecule has 0 aliphatic rings. The number of ether oxygens (including phenoxy) is 1. The maximum atomic E-state index is 5.77. The van der Waals surface area contributed by atoms with Gasteiger partial charge in [0.2, 0.25) is 0 Å². The molecule has 102 valence electrons. The zero-order valence-corrected chi connectivity index (χ0v) is 11.8. The standard InChI is InChI=1S/C15H26N2O/c1-12(2)15(8-16)10-17-9-13-6-4-5-7-14(13)11-18-3/h4-7,12,15,17H,8-11,16H2,1-3H3. The number of rotatable bonds is 8. The Bertz CT molecular complexity index is 339. The van der Waals surface area contributed by atoms with Gasteiger partial charge in [-0.05, 0) is 36.1 Å². The summed E-state index contributed by atoms with van der Waals surface area (Å²) in [5.74, 6) is 1.16. The van der Waals surface area contributed by atoms with Gasteiger partial charge in [-0.1, -0.05) is 38.1 Å². The predicted molar refractivity (Wildman–Crippen MR) is 76.2 cm³/mol. The van der Waals surface area contributed by atoms with Gasteiger partial charge in [0.25, 0.3) is 0 Å². The summed E-state index contributed by atoms with van der Waals surface area (Å²) < 4.78 is 5.21. The van der Waals surface area contributed by atoms with E-state index >= 15 is 0 Å². The first-order valence-corrected chi connectivity index (χ1v) is 6.65. The Morgan fingerprint density at radius 1 is 1.22 bits per heavy atom. The highest BCUT2D eigenvalue weighted by Crippen LogP contribution is 2.11. The first-order chi connectivity index (χ1) is 8.69. The van der Waals surface area contributed by atoms with Gasteiger partial charge < -0.3 is 15.8 Å². The second kappa shape index (κ2) is 8.25. The lowest BCUT2D eigenvalue weighted by Crippen LogP contribution is -2.31. The van der Waals surface area contributed by atoms with Crippen molar-refractivity contribution in [2.24, 2.45) is 17.6 Å². The third-order valence-corrected chi connectivity index (χ3v) is 3.39. The van der Waals surface area contributed by atoms with Gasteiger partial charge in [-0.15, -0.1) is 0 Å². The Morgan fingerprint density at radius 3 is 2.44 bits per heavy atom. The molecule has 0 aromatic heterocycles. The molecule has 1 aromatic carbocycles. The zero-order valence-electron chi connectivity index (χ0n) is 11.8. The zero-order chi connectivity index (χ0) is 13.4. The highest BCUT2D eigenvalue weighted by molar-refractivity contribution is 5.26. The molecule has 0 saturated heterocycles. The first-order valence-electron chi connectivity index (χ1n) is 6.65. The molecule has 0 saturated carbocycles. The summed E-state index contributed by atoms with van der Waals surface area (Å²) in [5.41, 5.74) is 8.33. The lowest BCUT2D eigenvalue weighted by molar-refractivity contribution is 0.184. The fraction of sp³-hybridized carbons (Fsp3) is 0.600. The largest absolute Gasteiger partial charge is 0.380 e. The summed E-state index contributed by atoms with van der Waals surface area (Å²) in [6.07, 6.45) is 0. The lowest BCUT2D eigenvalue weighted by atomic mass is 9.96. The molecule has 0 fully saturated rings. The maximum absolute atomic E-state index is 5.77. The van der Waals surface area contributed by atoms with E-state index in [1.165, 1.54) is 11.1 Å². The monoisotopic (exact) mass is 250 g/mol. The van der Waals surface area contributed by atoms with Crippen LogP contribution < -0.4 is 11.1 Å². The minimum absolute atomic E-state index is 0.541. The molecule has 0 aliphatic carbocycles. The molecule has 0 spiro atoms. The quantitative estimate of drug-likeness (QED) is 0.743. The molecule has 0 bridgehead atoms. The number of benzene rings is 1. The third-order valence-electron chi connectivity index (χ3n) is 3.39. The Hall–Kier alpha value is -0.900. The van der Waals surface area contributed by atoms with E-state index in [9.17, 15) is 0 Å². The van der Waals surface area contributed by atoms with Crippen LogP contribution in [0.25, 0.3) is 0 Å². The van der Waals surface area contributed by atoms with Crippen molar-refractivity contribution >= 4 is 0 Å². The van der Waals surface area contributed by atoms with Crippen molar-refractivity contribution in [3.8, 4) is 0 Å². The normalized spacial score (nSPS) is 12.9. The second-order valence-electron chi connectivity index (χ2n) is 5.07. The van der Waals surface area contributed by atoms with Crippen molar-refractivity contribution < 1.29 is 4.74 Å². The van der Waals surface area contributed by atoms with Crippen molar-refractivity contribution in [1.82, 2.24) is 5.32 Å². The molecule has 18 heavy (non-hydrogen) atoms. The molecule has 1 aromatic rings. The van der Waals surface area contributed by atoms with Gasteiger partial charge in [-0.25, -0.2) is 0 Å². The van der Waals surface area contributed by atoms with E-state index in [1.807, 2.05) is 0 Å². The molecule has 0 amide bonds. The van der Waals surface area contributed by atoms with Crippen molar-refractivity contribution in [2.45, 2.75) is 27.0 Å². The molecular formula is C15H26N2O. The molecule has 0 heterocycles. The highest BCUT2D eigenvalue weighted by atomic mass is 16.5. The van der Waals surface area contributed by atoms with E-state index in [-0.39, 0.29) is 0 Å². The number of hydrogen-bond donors (Lipinski definition) is 2. The summed E-state index contributed by atoms with van der Waals surface area (Å²) in [4.78, 5) is 0. The number of methoxy groups -OCH3 is 1. The van der Waals surface area contributed by atoms with Crippen molar-refractivity contribution in [3.63, 3.8) is 0 Å². The fourth-order valence-corrected chi connectivity index (χ4v) is 2.01. The molecular weight excluding hydrogens is 224 g/mol. The Morgan fingerprint density at radius 2 is 1.89 bits per heavy atom. The number of nitrogens with one attached hydrogen (secondary N) is 1. The van der Waals surface area contributed by atoms with Crippen LogP contribution in [0.3, 0.4) is 0 Å². The van der Waals surface area contributed by atoms with Crippen LogP contribution in [0.15, 0.2) is 24.3 Å². The van der Waals surface area contributed by atoms with E-state index in [2.05, 4.69) is 43.4 Å². The van der Waals surface area contributed by atoms with E-state index in [0.29, 0.717) is 18.4 Å². The summed E-state index contributed by atoms with van der Waals surface area (Å²) in [5, 5.41) is 3.50. The average molecular weight is 250 g/mol. The van der Waals surface area contributed by atoms with Crippen molar-refractivity contribution in [2.75, 3.05) is 20.2 Å². The Labute approximate surface area is 111 Å². The van der Waals surface area contributed by atoms with Gasteiger partial charge in [0, 0.05) is 13.7 Å². The minimum Gasteiger partial charge on any atom is -0.380 e. The molecule has 1 atom stereocenters. The van der Waals surface area contributed by atoms with E-state index in [4.69, 9.17) is 10.5 Å². The van der Waals surface area contributed by atoms with Crippen LogP contribution in [0.5, 0.6) is 0 Å². The van der Waals surface area contributed by atoms with E-state index in [1.54, 1.807) is 7.11 Å². The number of nitrogens with two attached hydrogens (primary N) is 1. The van der Waals surface area contributed by atoms with Gasteiger partial charge in [0.15, 0.2) is 0 Å². The van der Waals surface area contributed by atoms with Crippen LogP contribution in [0.2, 0.25) is 0 Å². The minimum atomic E-state index is 0.541. The fourth-order valence-electron chi connectivity index (χ4n) is 2.01. The predicted octanol–water partition coefficient (Wildman–Crippen LogP) is 2.15. The van der Waals surface area contributed by atoms with Crippen molar-refractivity contribution in [3.05, 3.63) is 35.4 Å². The summed E-state index contributed by atoms with van der Waals surface area (Å²) in [6.45, 7) is 7.70. The SMILES string of the molecule is COCc1ccccc1CNCC(CN)C(C)C. The molecule has 3 heteroatoms. The van der Waals surface area contributed by atoms with E-state index in [0.717, 1.165) is 19.6 Å². The van der Waals surface area contributed by atoms with Crippen LogP contribution in [0, 0.1) is 11.8 Å². The molecule has 3 nitrogen and oxygen atoms in total. The topological polar surface area (TPSA) is 47.3 Å². The molecule has 3 N–H and O–H groups in total.